The minimum Gasteiger partial charge on any atom is -0.388 e. The number of hydrogen-bond donors (Lipinski definition) is 1. The number of thiophene rings is 1. The highest BCUT2D eigenvalue weighted by Gasteiger charge is 2.19. The van der Waals surface area contributed by atoms with E-state index in [-0.39, 0.29) is 0 Å². The molecule has 0 aromatic carbocycles. The minimum atomic E-state index is 1.09. The Balaban J connectivity index is 2.47. The first-order valence-corrected chi connectivity index (χ1v) is 6.04. The zero-order chi connectivity index (χ0) is 10.1. The number of aryl methyl sites for hydroxylation is 2. The second-order valence-corrected chi connectivity index (χ2v) is 5.18. The Morgan fingerprint density at radius 2 is 2.07 bits per heavy atom. The van der Waals surface area contributed by atoms with Crippen LogP contribution in [0.2, 0.25) is 0 Å². The first-order chi connectivity index (χ1) is 6.74. The summed E-state index contributed by atoms with van der Waals surface area (Å²) >= 11 is 1.96. The third-order valence-corrected chi connectivity index (χ3v) is 4.16. The van der Waals surface area contributed by atoms with E-state index in [1.165, 1.54) is 36.1 Å². The molecule has 0 atom stereocenters. The molecule has 1 N–H and O–H groups in total. The van der Waals surface area contributed by atoms with Gasteiger partial charge in [0.25, 0.3) is 0 Å². The summed E-state index contributed by atoms with van der Waals surface area (Å²) in [4.78, 5) is 3.02. The van der Waals surface area contributed by atoms with Gasteiger partial charge in [0.05, 0.1) is 0 Å². The molecule has 0 bridgehead atoms. The quantitative estimate of drug-likeness (QED) is 0.785. The Kier molecular flexibility index (Phi) is 2.64. The van der Waals surface area contributed by atoms with E-state index < -0.39 is 0 Å². The van der Waals surface area contributed by atoms with Crippen molar-refractivity contribution in [3.63, 3.8) is 0 Å². The van der Waals surface area contributed by atoms with Crippen LogP contribution in [0.1, 0.15) is 33.7 Å². The highest BCUT2D eigenvalue weighted by Crippen LogP contribution is 2.36. The van der Waals surface area contributed by atoms with Gasteiger partial charge in [-0.15, -0.1) is 11.3 Å². The summed E-state index contributed by atoms with van der Waals surface area (Å²) in [6, 6.07) is 0. The molecule has 1 aromatic heterocycles. The third-order valence-electron chi connectivity index (χ3n) is 2.95. The maximum Gasteiger partial charge on any atom is 0.0352 e. The van der Waals surface area contributed by atoms with Gasteiger partial charge in [-0.05, 0) is 38.2 Å². The number of hydrogen-bond acceptors (Lipinski definition) is 2. The lowest BCUT2D eigenvalue weighted by molar-refractivity contribution is 0.695. The predicted octanol–water partition coefficient (Wildman–Crippen LogP) is 3.13. The Bertz CT molecular complexity index is 363. The fraction of sp³-hybridized carbons (Fsp3) is 0.500. The van der Waals surface area contributed by atoms with Gasteiger partial charge < -0.3 is 5.32 Å². The standard InChI is InChI=1S/C12H17NS/c1-8(13-3)12-9(2)14-11-7-5-4-6-10(11)12/h13H,1,4-7H2,2-3H3. The van der Waals surface area contributed by atoms with Crippen molar-refractivity contribution in [2.45, 2.75) is 32.6 Å². The highest BCUT2D eigenvalue weighted by atomic mass is 32.1. The molecule has 1 nitrogen and oxygen atoms in total. The van der Waals surface area contributed by atoms with Crippen molar-refractivity contribution in [3.8, 4) is 0 Å². The minimum absolute atomic E-state index is 1.09. The molecule has 0 fully saturated rings. The second-order valence-electron chi connectivity index (χ2n) is 3.87. The van der Waals surface area contributed by atoms with Crippen molar-refractivity contribution in [2.75, 3.05) is 7.05 Å². The molecule has 0 saturated heterocycles. The molecule has 0 spiro atoms. The Morgan fingerprint density at radius 1 is 1.36 bits per heavy atom. The summed E-state index contributed by atoms with van der Waals surface area (Å²) in [5.41, 5.74) is 4.05. The van der Waals surface area contributed by atoms with Crippen LogP contribution in [-0.4, -0.2) is 7.05 Å². The van der Waals surface area contributed by atoms with Crippen molar-refractivity contribution in [1.82, 2.24) is 5.32 Å². The van der Waals surface area contributed by atoms with Gasteiger partial charge in [-0.1, -0.05) is 6.58 Å². The summed E-state index contributed by atoms with van der Waals surface area (Å²) in [6.45, 7) is 6.29. The van der Waals surface area contributed by atoms with Gasteiger partial charge in [0.15, 0.2) is 0 Å². The van der Waals surface area contributed by atoms with E-state index in [2.05, 4.69) is 18.8 Å². The van der Waals surface area contributed by atoms with Crippen LogP contribution in [0.5, 0.6) is 0 Å². The first-order valence-electron chi connectivity index (χ1n) is 5.22. The molecule has 1 heterocycles. The summed E-state index contributed by atoms with van der Waals surface area (Å²) in [5.74, 6) is 0. The Hall–Kier alpha value is -0.760. The molecule has 0 saturated carbocycles. The summed E-state index contributed by atoms with van der Waals surface area (Å²) in [5, 5.41) is 3.17. The average molecular weight is 207 g/mol. The van der Waals surface area contributed by atoms with Gasteiger partial charge in [-0.2, -0.15) is 0 Å². The number of fused-ring (bicyclic) bond motifs is 1. The van der Waals surface area contributed by atoms with Crippen molar-refractivity contribution < 1.29 is 0 Å². The van der Waals surface area contributed by atoms with Crippen LogP contribution in [0.15, 0.2) is 6.58 Å². The van der Waals surface area contributed by atoms with E-state index in [1.54, 1.807) is 10.4 Å². The van der Waals surface area contributed by atoms with Crippen LogP contribution in [0.3, 0.4) is 0 Å². The lowest BCUT2D eigenvalue weighted by Crippen LogP contribution is -2.07. The summed E-state index contributed by atoms with van der Waals surface area (Å²) in [7, 11) is 1.95. The summed E-state index contributed by atoms with van der Waals surface area (Å²) in [6.07, 6.45) is 5.22. The van der Waals surface area contributed by atoms with Crippen LogP contribution >= 0.6 is 11.3 Å². The fourth-order valence-corrected chi connectivity index (χ4v) is 3.51. The van der Waals surface area contributed by atoms with Gasteiger partial charge in [-0.3, -0.25) is 0 Å². The monoisotopic (exact) mass is 207 g/mol. The Morgan fingerprint density at radius 3 is 2.79 bits per heavy atom. The largest absolute Gasteiger partial charge is 0.388 e. The topological polar surface area (TPSA) is 12.0 Å². The molecule has 0 unspecified atom stereocenters. The highest BCUT2D eigenvalue weighted by molar-refractivity contribution is 7.12. The molecule has 1 aliphatic rings. The number of nitrogens with one attached hydrogen (secondary N) is 1. The van der Waals surface area contributed by atoms with Crippen molar-refractivity contribution in [1.29, 1.82) is 0 Å². The molecule has 2 rings (SSSR count). The molecule has 1 aromatic rings. The van der Waals surface area contributed by atoms with Gasteiger partial charge in [-0.25, -0.2) is 0 Å². The third kappa shape index (κ3) is 1.48. The van der Waals surface area contributed by atoms with Gasteiger partial charge in [0.2, 0.25) is 0 Å². The maximum absolute atomic E-state index is 4.08. The maximum atomic E-state index is 4.08. The van der Waals surface area contributed by atoms with Crippen LogP contribution < -0.4 is 5.32 Å². The fourth-order valence-electron chi connectivity index (χ4n) is 2.22. The van der Waals surface area contributed by atoms with E-state index in [1.807, 2.05) is 18.4 Å². The van der Waals surface area contributed by atoms with Crippen LogP contribution in [0.25, 0.3) is 5.70 Å². The smallest absolute Gasteiger partial charge is 0.0352 e. The van der Waals surface area contributed by atoms with Crippen molar-refractivity contribution in [2.24, 2.45) is 0 Å². The predicted molar refractivity (Wildman–Crippen MR) is 63.8 cm³/mol. The molecule has 76 valence electrons. The van der Waals surface area contributed by atoms with E-state index in [0.29, 0.717) is 0 Å². The first kappa shape index (κ1) is 9.78. The molecule has 14 heavy (non-hydrogen) atoms. The lowest BCUT2D eigenvalue weighted by Gasteiger charge is -2.14. The molecule has 0 aliphatic heterocycles. The van der Waals surface area contributed by atoms with Gasteiger partial charge in [0, 0.05) is 28.1 Å². The van der Waals surface area contributed by atoms with Crippen molar-refractivity contribution >= 4 is 17.0 Å². The van der Waals surface area contributed by atoms with E-state index in [9.17, 15) is 0 Å². The number of rotatable bonds is 2. The van der Waals surface area contributed by atoms with Gasteiger partial charge in [0.1, 0.15) is 0 Å². The average Bonchev–Trinajstić information content (AvgIpc) is 2.53. The van der Waals surface area contributed by atoms with E-state index in [4.69, 9.17) is 0 Å². The zero-order valence-corrected chi connectivity index (χ0v) is 9.76. The van der Waals surface area contributed by atoms with Crippen molar-refractivity contribution in [3.05, 3.63) is 27.5 Å². The molecule has 0 amide bonds. The second kappa shape index (κ2) is 3.77. The van der Waals surface area contributed by atoms with Crippen LogP contribution in [0, 0.1) is 6.92 Å². The lowest BCUT2D eigenvalue weighted by atomic mass is 9.94. The Labute approximate surface area is 89.8 Å². The van der Waals surface area contributed by atoms with Gasteiger partial charge >= 0.3 is 0 Å². The normalized spacial score (nSPS) is 15.0. The zero-order valence-electron chi connectivity index (χ0n) is 8.94. The van der Waals surface area contributed by atoms with Crippen LogP contribution in [-0.2, 0) is 12.8 Å². The molecular weight excluding hydrogens is 190 g/mol. The molecule has 2 heteroatoms. The molecule has 1 aliphatic carbocycles. The SMILES string of the molecule is C=C(NC)c1c(C)sc2c1CCCC2. The molecule has 0 radical (unpaired) electrons. The van der Waals surface area contributed by atoms with E-state index >= 15 is 0 Å². The molecular formula is C12H17NS. The summed E-state index contributed by atoms with van der Waals surface area (Å²) < 4.78 is 0. The van der Waals surface area contributed by atoms with Crippen LogP contribution in [0.4, 0.5) is 0 Å². The van der Waals surface area contributed by atoms with E-state index in [0.717, 1.165) is 5.70 Å².